The Kier molecular flexibility index (Phi) is 4.51. The van der Waals surface area contributed by atoms with Gasteiger partial charge in [-0.05, 0) is 43.6 Å². The Morgan fingerprint density at radius 2 is 1.89 bits per heavy atom. The van der Waals surface area contributed by atoms with Gasteiger partial charge in [0.25, 0.3) is 0 Å². The average molecular weight is 387 g/mol. The van der Waals surface area contributed by atoms with Crippen LogP contribution in [0, 0.1) is 23.7 Å². The maximum Gasteiger partial charge on any atom is 0.232 e. The van der Waals surface area contributed by atoms with Gasteiger partial charge in [-0.3, -0.25) is 0 Å². The summed E-state index contributed by atoms with van der Waals surface area (Å²) in [5.74, 6) is 0.504. The lowest BCUT2D eigenvalue weighted by molar-refractivity contribution is -0.577. The standard InChI is InChI=1S/C22H29NO5/c1-14-9-10-18-15(2)19(26-23-13-16-7-5-4-6-8-16)24-20-22(18)17(14)11-12-21(3,25-20)27-28-22/h4-8,13-15,17-20H,9-12H2,1-3H3/b23-13+/t14-,15-,17?,18?,19?,20?,21+,22?/m1/s1. The first-order valence-electron chi connectivity index (χ1n) is 10.5. The molecule has 1 aromatic carbocycles. The fraction of sp³-hybridized carbons (Fsp3) is 0.682. The molecule has 0 amide bonds. The van der Waals surface area contributed by atoms with Gasteiger partial charge >= 0.3 is 0 Å². The Labute approximate surface area is 166 Å². The summed E-state index contributed by atoms with van der Waals surface area (Å²) < 4.78 is 12.7. The number of rotatable bonds is 3. The predicted octanol–water partition coefficient (Wildman–Crippen LogP) is 4.25. The van der Waals surface area contributed by atoms with Gasteiger partial charge in [0.2, 0.25) is 12.1 Å². The summed E-state index contributed by atoms with van der Waals surface area (Å²) in [6.07, 6.45) is 4.80. The van der Waals surface area contributed by atoms with E-state index >= 15 is 0 Å². The van der Waals surface area contributed by atoms with Gasteiger partial charge < -0.3 is 14.3 Å². The molecule has 1 aliphatic carbocycles. The molecular weight excluding hydrogens is 358 g/mol. The van der Waals surface area contributed by atoms with Crippen LogP contribution in [0.3, 0.4) is 0 Å². The van der Waals surface area contributed by atoms with Gasteiger partial charge in [0.1, 0.15) is 0 Å². The zero-order chi connectivity index (χ0) is 19.4. The molecule has 1 aromatic rings. The van der Waals surface area contributed by atoms with Crippen LogP contribution >= 0.6 is 0 Å². The molecule has 6 nitrogen and oxygen atoms in total. The summed E-state index contributed by atoms with van der Waals surface area (Å²) >= 11 is 0. The highest BCUT2D eigenvalue weighted by atomic mass is 17.3. The van der Waals surface area contributed by atoms with Crippen LogP contribution in [-0.4, -0.2) is 30.2 Å². The number of nitrogens with zero attached hydrogens (tertiary/aromatic N) is 1. The smallest absolute Gasteiger partial charge is 0.232 e. The molecule has 152 valence electrons. The van der Waals surface area contributed by atoms with E-state index in [-0.39, 0.29) is 11.8 Å². The monoisotopic (exact) mass is 387 g/mol. The third-order valence-corrected chi connectivity index (χ3v) is 7.26. The Morgan fingerprint density at radius 3 is 2.71 bits per heavy atom. The molecule has 0 N–H and O–H groups in total. The number of hydrogen-bond acceptors (Lipinski definition) is 6. The summed E-state index contributed by atoms with van der Waals surface area (Å²) in [5.41, 5.74) is 0.429. The molecule has 0 aromatic heterocycles. The number of hydrogen-bond donors (Lipinski definition) is 0. The molecule has 4 saturated heterocycles. The number of ether oxygens (including phenoxy) is 2. The van der Waals surface area contributed by atoms with E-state index in [9.17, 15) is 0 Å². The molecule has 5 unspecified atom stereocenters. The summed E-state index contributed by atoms with van der Waals surface area (Å²) in [5, 5.41) is 4.20. The molecule has 6 rings (SSSR count). The molecule has 28 heavy (non-hydrogen) atoms. The Bertz CT molecular complexity index is 742. The summed E-state index contributed by atoms with van der Waals surface area (Å²) in [7, 11) is 0. The van der Waals surface area contributed by atoms with Crippen molar-refractivity contribution in [1.82, 2.24) is 0 Å². The summed E-state index contributed by atoms with van der Waals surface area (Å²) in [6, 6.07) is 9.90. The molecule has 2 bridgehead atoms. The molecule has 6 heteroatoms. The van der Waals surface area contributed by atoms with Crippen molar-refractivity contribution in [3.05, 3.63) is 35.9 Å². The van der Waals surface area contributed by atoms with Crippen LogP contribution in [0.2, 0.25) is 0 Å². The van der Waals surface area contributed by atoms with E-state index < -0.39 is 24.0 Å². The topological polar surface area (TPSA) is 58.5 Å². The number of benzene rings is 1. The first-order chi connectivity index (χ1) is 13.5. The van der Waals surface area contributed by atoms with Gasteiger partial charge in [-0.1, -0.05) is 49.3 Å². The van der Waals surface area contributed by atoms with Gasteiger partial charge in [0.05, 0.1) is 6.21 Å². The van der Waals surface area contributed by atoms with Crippen LogP contribution in [0.25, 0.3) is 0 Å². The van der Waals surface area contributed by atoms with Crippen molar-refractivity contribution < 1.29 is 24.1 Å². The average Bonchev–Trinajstić information content (AvgIpc) is 2.92. The fourth-order valence-electron chi connectivity index (χ4n) is 5.68. The van der Waals surface area contributed by atoms with Gasteiger partial charge in [0.15, 0.2) is 11.9 Å². The van der Waals surface area contributed by atoms with Crippen LogP contribution in [-0.2, 0) is 24.1 Å². The highest BCUT2D eigenvalue weighted by molar-refractivity contribution is 5.78. The summed E-state index contributed by atoms with van der Waals surface area (Å²) in [6.45, 7) is 6.41. The molecule has 5 fully saturated rings. The second kappa shape index (κ2) is 6.80. The Hall–Kier alpha value is -1.47. The van der Waals surface area contributed by atoms with E-state index in [1.54, 1.807) is 6.21 Å². The van der Waals surface area contributed by atoms with Crippen LogP contribution < -0.4 is 0 Å². The van der Waals surface area contributed by atoms with Gasteiger partial charge in [-0.2, -0.15) is 0 Å². The van der Waals surface area contributed by atoms with Crippen molar-refractivity contribution in [2.45, 2.75) is 70.4 Å². The van der Waals surface area contributed by atoms with E-state index in [4.69, 9.17) is 24.1 Å². The zero-order valence-electron chi connectivity index (χ0n) is 16.7. The lowest BCUT2D eigenvalue weighted by atomic mass is 9.58. The van der Waals surface area contributed by atoms with E-state index in [0.29, 0.717) is 11.8 Å². The predicted molar refractivity (Wildman–Crippen MR) is 102 cm³/mol. The normalized spacial score (nSPS) is 47.5. The van der Waals surface area contributed by atoms with Crippen molar-refractivity contribution in [3.63, 3.8) is 0 Å². The molecular formula is C22H29NO5. The molecule has 4 heterocycles. The zero-order valence-corrected chi connectivity index (χ0v) is 16.7. The van der Waals surface area contributed by atoms with Gasteiger partial charge in [-0.25, -0.2) is 9.78 Å². The van der Waals surface area contributed by atoms with E-state index in [1.165, 1.54) is 6.42 Å². The minimum absolute atomic E-state index is 0.119. The Morgan fingerprint density at radius 1 is 1.07 bits per heavy atom. The molecule has 1 saturated carbocycles. The first-order valence-corrected chi connectivity index (χ1v) is 10.5. The summed E-state index contributed by atoms with van der Waals surface area (Å²) in [4.78, 5) is 17.8. The maximum absolute atomic E-state index is 6.33. The van der Waals surface area contributed by atoms with Crippen molar-refractivity contribution in [3.8, 4) is 0 Å². The molecule has 0 radical (unpaired) electrons. The van der Waals surface area contributed by atoms with Crippen LogP contribution in [0.5, 0.6) is 0 Å². The molecule has 4 aliphatic heterocycles. The molecule has 1 spiro atoms. The van der Waals surface area contributed by atoms with Crippen molar-refractivity contribution in [2.75, 3.05) is 0 Å². The van der Waals surface area contributed by atoms with E-state index in [2.05, 4.69) is 19.0 Å². The second-order valence-corrected chi connectivity index (χ2v) is 9.02. The van der Waals surface area contributed by atoms with Crippen molar-refractivity contribution in [1.29, 1.82) is 0 Å². The largest absolute Gasteiger partial charge is 0.363 e. The second-order valence-electron chi connectivity index (χ2n) is 9.02. The SMILES string of the molecule is C[C@H]1C(O/N=C/c2ccccc2)OC2O[C@]3(C)CCC4[C@H](C)CCC1C24OO3. The maximum atomic E-state index is 6.33. The van der Waals surface area contributed by atoms with Crippen LogP contribution in [0.4, 0.5) is 0 Å². The minimum atomic E-state index is -0.768. The number of oxime groups is 1. The quantitative estimate of drug-likeness (QED) is 0.441. The minimum Gasteiger partial charge on any atom is -0.363 e. The first kappa shape index (κ1) is 18.6. The molecule has 5 aliphatic rings. The lowest BCUT2D eigenvalue weighted by Crippen LogP contribution is -2.70. The van der Waals surface area contributed by atoms with E-state index in [1.807, 2.05) is 37.3 Å². The van der Waals surface area contributed by atoms with Crippen molar-refractivity contribution >= 4 is 6.21 Å². The number of fused-ring (bicyclic) bond motifs is 2. The van der Waals surface area contributed by atoms with Crippen LogP contribution in [0.1, 0.15) is 52.0 Å². The van der Waals surface area contributed by atoms with E-state index in [0.717, 1.165) is 24.8 Å². The molecule has 8 atom stereocenters. The third kappa shape index (κ3) is 2.81. The Balaban J connectivity index is 1.41. The van der Waals surface area contributed by atoms with Crippen molar-refractivity contribution in [2.24, 2.45) is 28.8 Å². The van der Waals surface area contributed by atoms with Crippen LogP contribution in [0.15, 0.2) is 35.5 Å². The lowest BCUT2D eigenvalue weighted by Gasteiger charge is -2.59. The van der Waals surface area contributed by atoms with Gasteiger partial charge in [-0.15, -0.1) is 0 Å². The highest BCUT2D eigenvalue weighted by Crippen LogP contribution is 2.60. The highest BCUT2D eigenvalue weighted by Gasteiger charge is 2.69. The van der Waals surface area contributed by atoms with Gasteiger partial charge in [0, 0.05) is 18.3 Å². The third-order valence-electron chi connectivity index (χ3n) is 7.26. The fourth-order valence-corrected chi connectivity index (χ4v) is 5.68.